The Hall–Kier alpha value is -2.66. The van der Waals surface area contributed by atoms with Gasteiger partial charge in [0, 0.05) is 29.2 Å². The van der Waals surface area contributed by atoms with Gasteiger partial charge in [0.1, 0.15) is 5.75 Å². The van der Waals surface area contributed by atoms with E-state index in [-0.39, 0.29) is 5.91 Å². The molecule has 1 N–H and O–H groups in total. The molecule has 0 fully saturated rings. The topological polar surface area (TPSA) is 51.2 Å². The van der Waals surface area contributed by atoms with E-state index in [0.717, 1.165) is 22.6 Å². The van der Waals surface area contributed by atoms with Crippen LogP contribution in [0.3, 0.4) is 0 Å². The number of nitrogens with zero attached hydrogens (tertiary/aromatic N) is 1. The summed E-state index contributed by atoms with van der Waals surface area (Å²) in [5.74, 6) is 0.623. The van der Waals surface area contributed by atoms with E-state index in [2.05, 4.69) is 15.7 Å². The minimum Gasteiger partial charge on any atom is -0.497 e. The van der Waals surface area contributed by atoms with Crippen LogP contribution in [0.15, 0.2) is 59.4 Å². The predicted molar refractivity (Wildman–Crippen MR) is 91.7 cm³/mol. The molecule has 3 aromatic rings. The van der Waals surface area contributed by atoms with E-state index < -0.39 is 0 Å². The van der Waals surface area contributed by atoms with Gasteiger partial charge in [0.2, 0.25) is 0 Å². The third kappa shape index (κ3) is 3.76. The summed E-state index contributed by atoms with van der Waals surface area (Å²) in [4.78, 5) is 16.5. The van der Waals surface area contributed by atoms with Crippen LogP contribution in [0, 0.1) is 0 Å². The highest BCUT2D eigenvalue weighted by Crippen LogP contribution is 2.20. The van der Waals surface area contributed by atoms with Crippen molar-refractivity contribution in [3.63, 3.8) is 0 Å². The van der Waals surface area contributed by atoms with Crippen LogP contribution in [0.4, 0.5) is 0 Å². The Balaban J connectivity index is 1.65. The molecular formula is C18H16N2O2S. The zero-order valence-corrected chi connectivity index (χ0v) is 13.5. The predicted octanol–water partition coefficient (Wildman–Crippen LogP) is 3.75. The number of carbonyl (C=O) groups is 1. The number of methoxy groups -OCH3 is 1. The smallest absolute Gasteiger partial charge is 0.251 e. The van der Waals surface area contributed by atoms with Crippen molar-refractivity contribution >= 4 is 17.2 Å². The van der Waals surface area contributed by atoms with E-state index >= 15 is 0 Å². The molecule has 0 saturated heterocycles. The maximum Gasteiger partial charge on any atom is 0.251 e. The normalized spacial score (nSPS) is 10.3. The lowest BCUT2D eigenvalue weighted by molar-refractivity contribution is 0.0951. The Labute approximate surface area is 138 Å². The number of hydrogen-bond donors (Lipinski definition) is 1. The Kier molecular flexibility index (Phi) is 4.68. The molecule has 0 aliphatic heterocycles. The summed E-state index contributed by atoms with van der Waals surface area (Å²) in [6, 6.07) is 13.0. The second-order valence-electron chi connectivity index (χ2n) is 4.97. The number of benzene rings is 1. The molecule has 2 aromatic heterocycles. The maximum absolute atomic E-state index is 12.2. The van der Waals surface area contributed by atoms with Crippen LogP contribution in [0.25, 0.3) is 11.3 Å². The fourth-order valence-electron chi connectivity index (χ4n) is 2.18. The van der Waals surface area contributed by atoms with E-state index in [1.54, 1.807) is 48.9 Å². The Morgan fingerprint density at radius 1 is 1.22 bits per heavy atom. The van der Waals surface area contributed by atoms with Gasteiger partial charge in [0.05, 0.1) is 12.8 Å². The van der Waals surface area contributed by atoms with Gasteiger partial charge in [-0.1, -0.05) is 0 Å². The molecule has 4 nitrogen and oxygen atoms in total. The second-order valence-corrected chi connectivity index (χ2v) is 5.75. The van der Waals surface area contributed by atoms with E-state index in [1.165, 1.54) is 0 Å². The first-order chi connectivity index (χ1) is 11.3. The van der Waals surface area contributed by atoms with Crippen molar-refractivity contribution in [3.05, 3.63) is 70.5 Å². The van der Waals surface area contributed by atoms with Crippen LogP contribution >= 0.6 is 11.3 Å². The Morgan fingerprint density at radius 3 is 2.74 bits per heavy atom. The average molecular weight is 324 g/mol. The van der Waals surface area contributed by atoms with E-state index in [4.69, 9.17) is 4.74 Å². The molecule has 1 aromatic carbocycles. The summed E-state index contributed by atoms with van der Waals surface area (Å²) >= 11 is 1.64. The minimum atomic E-state index is -0.110. The SMILES string of the molecule is COc1ccc(C(=O)NCc2ccnc(-c3ccsc3)c2)cc1. The molecule has 0 atom stereocenters. The maximum atomic E-state index is 12.2. The van der Waals surface area contributed by atoms with Gasteiger partial charge < -0.3 is 10.1 Å². The first kappa shape index (κ1) is 15.2. The fraction of sp³-hybridized carbons (Fsp3) is 0.111. The first-order valence-corrected chi connectivity index (χ1v) is 8.10. The van der Waals surface area contributed by atoms with Gasteiger partial charge in [0.25, 0.3) is 5.91 Å². The van der Waals surface area contributed by atoms with Crippen molar-refractivity contribution in [1.82, 2.24) is 10.3 Å². The molecule has 116 valence electrons. The summed E-state index contributed by atoms with van der Waals surface area (Å²) in [6.07, 6.45) is 1.77. The quantitative estimate of drug-likeness (QED) is 0.777. The summed E-state index contributed by atoms with van der Waals surface area (Å²) in [7, 11) is 1.60. The standard InChI is InChI=1S/C18H16N2O2S/c1-22-16-4-2-14(3-5-16)18(21)20-11-13-6-8-19-17(10-13)15-7-9-23-12-15/h2-10,12H,11H2,1H3,(H,20,21). The van der Waals surface area contributed by atoms with Gasteiger partial charge >= 0.3 is 0 Å². The number of amides is 1. The van der Waals surface area contributed by atoms with Gasteiger partial charge in [-0.3, -0.25) is 9.78 Å². The molecule has 2 heterocycles. The zero-order chi connectivity index (χ0) is 16.1. The highest BCUT2D eigenvalue weighted by atomic mass is 32.1. The van der Waals surface area contributed by atoms with Crippen molar-refractivity contribution in [2.75, 3.05) is 7.11 Å². The summed E-state index contributed by atoms with van der Waals surface area (Å²) < 4.78 is 5.09. The number of thiophene rings is 1. The third-order valence-electron chi connectivity index (χ3n) is 3.45. The Bertz CT molecular complexity index is 783. The number of pyridine rings is 1. The van der Waals surface area contributed by atoms with Crippen molar-refractivity contribution in [1.29, 1.82) is 0 Å². The minimum absolute atomic E-state index is 0.110. The number of rotatable bonds is 5. The first-order valence-electron chi connectivity index (χ1n) is 7.16. The van der Waals surface area contributed by atoms with Crippen molar-refractivity contribution in [2.45, 2.75) is 6.54 Å². The molecule has 0 bridgehead atoms. The summed E-state index contributed by atoms with van der Waals surface area (Å²) in [5, 5.41) is 7.00. The molecule has 0 aliphatic rings. The van der Waals surface area contributed by atoms with Gasteiger partial charge in [-0.2, -0.15) is 11.3 Å². The molecule has 0 radical (unpaired) electrons. The molecular weight excluding hydrogens is 308 g/mol. The van der Waals surface area contributed by atoms with Crippen LogP contribution in [0.2, 0.25) is 0 Å². The molecule has 1 amide bonds. The van der Waals surface area contributed by atoms with Crippen LogP contribution in [0.5, 0.6) is 5.75 Å². The van der Waals surface area contributed by atoms with Crippen LogP contribution in [-0.2, 0) is 6.54 Å². The van der Waals surface area contributed by atoms with Gasteiger partial charge in [-0.25, -0.2) is 0 Å². The average Bonchev–Trinajstić information content (AvgIpc) is 3.15. The van der Waals surface area contributed by atoms with Crippen LogP contribution in [0.1, 0.15) is 15.9 Å². The molecule has 3 rings (SSSR count). The van der Waals surface area contributed by atoms with Crippen LogP contribution < -0.4 is 10.1 Å². The molecule has 0 unspecified atom stereocenters. The number of hydrogen-bond acceptors (Lipinski definition) is 4. The lowest BCUT2D eigenvalue weighted by Gasteiger charge is -2.07. The second kappa shape index (κ2) is 7.07. The van der Waals surface area contributed by atoms with E-state index in [9.17, 15) is 4.79 Å². The number of ether oxygens (including phenoxy) is 1. The number of aromatic nitrogens is 1. The Morgan fingerprint density at radius 2 is 2.04 bits per heavy atom. The highest BCUT2D eigenvalue weighted by molar-refractivity contribution is 7.08. The zero-order valence-electron chi connectivity index (χ0n) is 12.7. The van der Waals surface area contributed by atoms with Crippen molar-refractivity contribution in [2.24, 2.45) is 0 Å². The van der Waals surface area contributed by atoms with Gasteiger partial charge in [-0.05, 0) is 53.4 Å². The summed E-state index contributed by atoms with van der Waals surface area (Å²) in [5.41, 5.74) is 3.64. The van der Waals surface area contributed by atoms with Gasteiger partial charge in [0.15, 0.2) is 0 Å². The number of carbonyl (C=O) groups excluding carboxylic acids is 1. The molecule has 0 spiro atoms. The third-order valence-corrected chi connectivity index (χ3v) is 4.13. The lowest BCUT2D eigenvalue weighted by Crippen LogP contribution is -2.22. The molecule has 0 aliphatic carbocycles. The number of nitrogens with one attached hydrogen (secondary N) is 1. The monoisotopic (exact) mass is 324 g/mol. The fourth-order valence-corrected chi connectivity index (χ4v) is 2.83. The molecule has 0 saturated carbocycles. The highest BCUT2D eigenvalue weighted by Gasteiger charge is 2.06. The van der Waals surface area contributed by atoms with Gasteiger partial charge in [-0.15, -0.1) is 0 Å². The van der Waals surface area contributed by atoms with Crippen LogP contribution in [-0.4, -0.2) is 18.0 Å². The van der Waals surface area contributed by atoms with Crippen molar-refractivity contribution in [3.8, 4) is 17.0 Å². The molecule has 23 heavy (non-hydrogen) atoms. The van der Waals surface area contributed by atoms with E-state index in [0.29, 0.717) is 12.1 Å². The lowest BCUT2D eigenvalue weighted by atomic mass is 10.1. The molecule has 5 heteroatoms. The van der Waals surface area contributed by atoms with E-state index in [1.807, 2.05) is 23.6 Å². The largest absolute Gasteiger partial charge is 0.497 e. The summed E-state index contributed by atoms with van der Waals surface area (Å²) in [6.45, 7) is 0.463. The van der Waals surface area contributed by atoms with Crippen molar-refractivity contribution < 1.29 is 9.53 Å².